The molecule has 4 nitrogen and oxygen atoms in total. The third-order valence-electron chi connectivity index (χ3n) is 4.48. The molecule has 4 heteroatoms. The van der Waals surface area contributed by atoms with Crippen molar-refractivity contribution in [3.8, 4) is 0 Å². The zero-order chi connectivity index (χ0) is 14.1. The molecule has 1 amide bonds. The number of carboxylic acids is 1. The van der Waals surface area contributed by atoms with Gasteiger partial charge in [-0.1, -0.05) is 6.07 Å². The van der Waals surface area contributed by atoms with Crippen molar-refractivity contribution >= 4 is 11.9 Å². The molecular formula is C16H19NO3. The molecule has 1 aromatic carbocycles. The van der Waals surface area contributed by atoms with E-state index in [-0.39, 0.29) is 17.9 Å². The SMILES string of the molecule is O=C(NC1CCC(C(=O)O)C1)c1ccc2c(c1)CCC2. The van der Waals surface area contributed by atoms with E-state index in [1.807, 2.05) is 18.2 Å². The summed E-state index contributed by atoms with van der Waals surface area (Å²) in [6.07, 6.45) is 5.30. The van der Waals surface area contributed by atoms with E-state index in [4.69, 9.17) is 5.11 Å². The van der Waals surface area contributed by atoms with Crippen LogP contribution in [0.25, 0.3) is 0 Å². The molecule has 1 aromatic rings. The lowest BCUT2D eigenvalue weighted by atomic mass is 10.1. The molecule has 1 fully saturated rings. The molecule has 0 aliphatic heterocycles. The van der Waals surface area contributed by atoms with E-state index in [1.165, 1.54) is 17.5 Å². The number of amides is 1. The lowest BCUT2D eigenvalue weighted by Crippen LogP contribution is -2.33. The van der Waals surface area contributed by atoms with Gasteiger partial charge in [0.05, 0.1) is 5.92 Å². The van der Waals surface area contributed by atoms with Crippen molar-refractivity contribution < 1.29 is 14.7 Å². The smallest absolute Gasteiger partial charge is 0.306 e. The molecule has 2 aliphatic rings. The van der Waals surface area contributed by atoms with Gasteiger partial charge in [-0.15, -0.1) is 0 Å². The largest absolute Gasteiger partial charge is 0.481 e. The topological polar surface area (TPSA) is 66.4 Å². The minimum absolute atomic E-state index is 0.00291. The second kappa shape index (κ2) is 5.27. The van der Waals surface area contributed by atoms with E-state index in [0.717, 1.165) is 19.3 Å². The molecule has 0 radical (unpaired) electrons. The first-order valence-corrected chi connectivity index (χ1v) is 7.29. The fourth-order valence-electron chi connectivity index (χ4n) is 3.32. The van der Waals surface area contributed by atoms with E-state index < -0.39 is 5.97 Å². The first-order chi connectivity index (χ1) is 9.63. The molecule has 0 aromatic heterocycles. The van der Waals surface area contributed by atoms with Gasteiger partial charge >= 0.3 is 5.97 Å². The van der Waals surface area contributed by atoms with Crippen LogP contribution >= 0.6 is 0 Å². The number of benzene rings is 1. The Kier molecular flexibility index (Phi) is 3.47. The average Bonchev–Trinajstić information content (AvgIpc) is 3.05. The van der Waals surface area contributed by atoms with Crippen molar-refractivity contribution in [3.63, 3.8) is 0 Å². The summed E-state index contributed by atoms with van der Waals surface area (Å²) in [5.41, 5.74) is 3.34. The molecule has 1 saturated carbocycles. The van der Waals surface area contributed by atoms with Gasteiger partial charge < -0.3 is 10.4 Å². The first kappa shape index (κ1) is 13.2. The van der Waals surface area contributed by atoms with Crippen molar-refractivity contribution in [3.05, 3.63) is 34.9 Å². The van der Waals surface area contributed by atoms with Crippen molar-refractivity contribution in [1.29, 1.82) is 0 Å². The number of aryl methyl sites for hydroxylation is 2. The maximum Gasteiger partial charge on any atom is 0.306 e. The summed E-state index contributed by atoms with van der Waals surface area (Å²) >= 11 is 0. The van der Waals surface area contributed by atoms with Crippen LogP contribution in [-0.4, -0.2) is 23.0 Å². The molecule has 2 unspecified atom stereocenters. The van der Waals surface area contributed by atoms with Gasteiger partial charge in [-0.25, -0.2) is 0 Å². The fraction of sp³-hybridized carbons (Fsp3) is 0.500. The zero-order valence-corrected chi connectivity index (χ0v) is 11.4. The molecule has 2 aliphatic carbocycles. The molecule has 0 saturated heterocycles. The van der Waals surface area contributed by atoms with Crippen molar-refractivity contribution in [1.82, 2.24) is 5.32 Å². The highest BCUT2D eigenvalue weighted by Gasteiger charge is 2.30. The standard InChI is InChI=1S/C16H19NO3/c18-15(17-14-7-6-13(9-14)16(19)20)12-5-4-10-2-1-3-11(10)8-12/h4-5,8,13-14H,1-3,6-7,9H2,(H,17,18)(H,19,20). The average molecular weight is 273 g/mol. The Hall–Kier alpha value is -1.84. The Balaban J connectivity index is 1.64. The highest BCUT2D eigenvalue weighted by atomic mass is 16.4. The minimum atomic E-state index is -0.751. The molecular weight excluding hydrogens is 254 g/mol. The van der Waals surface area contributed by atoms with Crippen LogP contribution in [0.2, 0.25) is 0 Å². The quantitative estimate of drug-likeness (QED) is 0.887. The molecule has 20 heavy (non-hydrogen) atoms. The van der Waals surface area contributed by atoms with E-state index in [1.54, 1.807) is 0 Å². The van der Waals surface area contributed by atoms with Crippen molar-refractivity contribution in [2.24, 2.45) is 5.92 Å². The molecule has 0 spiro atoms. The number of carbonyl (C=O) groups is 2. The number of rotatable bonds is 3. The van der Waals surface area contributed by atoms with Crippen LogP contribution in [0.1, 0.15) is 47.2 Å². The number of hydrogen-bond donors (Lipinski definition) is 2. The summed E-state index contributed by atoms with van der Waals surface area (Å²) in [6, 6.07) is 5.91. The number of aliphatic carboxylic acids is 1. The summed E-state index contributed by atoms with van der Waals surface area (Å²) in [4.78, 5) is 23.1. The second-order valence-corrected chi connectivity index (χ2v) is 5.86. The number of nitrogens with one attached hydrogen (secondary N) is 1. The predicted molar refractivity (Wildman–Crippen MR) is 74.7 cm³/mol. The van der Waals surface area contributed by atoms with Crippen LogP contribution in [0.3, 0.4) is 0 Å². The maximum absolute atomic E-state index is 12.2. The number of carboxylic acid groups (broad SMARTS) is 1. The van der Waals surface area contributed by atoms with Crippen LogP contribution in [0.5, 0.6) is 0 Å². The zero-order valence-electron chi connectivity index (χ0n) is 11.4. The third-order valence-corrected chi connectivity index (χ3v) is 4.48. The van der Waals surface area contributed by atoms with Gasteiger partial charge in [-0.3, -0.25) is 9.59 Å². The van der Waals surface area contributed by atoms with E-state index >= 15 is 0 Å². The summed E-state index contributed by atoms with van der Waals surface area (Å²) < 4.78 is 0. The Morgan fingerprint density at radius 1 is 1.15 bits per heavy atom. The Bertz CT molecular complexity index is 553. The highest BCUT2D eigenvalue weighted by molar-refractivity contribution is 5.94. The Labute approximate surface area is 118 Å². The van der Waals surface area contributed by atoms with Crippen LogP contribution in [0.4, 0.5) is 0 Å². The molecule has 2 N–H and O–H groups in total. The molecule has 106 valence electrons. The van der Waals surface area contributed by atoms with E-state index in [0.29, 0.717) is 18.4 Å². The lowest BCUT2D eigenvalue weighted by Gasteiger charge is -2.13. The number of hydrogen-bond acceptors (Lipinski definition) is 2. The fourth-order valence-corrected chi connectivity index (χ4v) is 3.32. The summed E-state index contributed by atoms with van der Waals surface area (Å²) in [7, 11) is 0. The highest BCUT2D eigenvalue weighted by Crippen LogP contribution is 2.26. The van der Waals surface area contributed by atoms with Gasteiger partial charge in [0.25, 0.3) is 5.91 Å². The molecule has 0 bridgehead atoms. The monoisotopic (exact) mass is 273 g/mol. The van der Waals surface area contributed by atoms with Gasteiger partial charge in [0, 0.05) is 11.6 Å². The van der Waals surface area contributed by atoms with Crippen molar-refractivity contribution in [2.75, 3.05) is 0 Å². The molecule has 2 atom stereocenters. The lowest BCUT2D eigenvalue weighted by molar-refractivity contribution is -0.141. The van der Waals surface area contributed by atoms with E-state index in [2.05, 4.69) is 5.32 Å². The van der Waals surface area contributed by atoms with Crippen molar-refractivity contribution in [2.45, 2.75) is 44.6 Å². The summed E-state index contributed by atoms with van der Waals surface area (Å²) in [5.74, 6) is -1.13. The second-order valence-electron chi connectivity index (χ2n) is 5.86. The summed E-state index contributed by atoms with van der Waals surface area (Å²) in [6.45, 7) is 0. The van der Waals surface area contributed by atoms with Gasteiger partial charge in [0.2, 0.25) is 0 Å². The van der Waals surface area contributed by atoms with Gasteiger partial charge in [0.1, 0.15) is 0 Å². The van der Waals surface area contributed by atoms with Gasteiger partial charge in [-0.05, 0) is 61.8 Å². The number of fused-ring (bicyclic) bond motifs is 1. The first-order valence-electron chi connectivity index (χ1n) is 7.29. The normalized spacial score (nSPS) is 24.4. The van der Waals surface area contributed by atoms with E-state index in [9.17, 15) is 9.59 Å². The van der Waals surface area contributed by atoms with Crippen LogP contribution in [-0.2, 0) is 17.6 Å². The maximum atomic E-state index is 12.2. The summed E-state index contributed by atoms with van der Waals surface area (Å²) in [5, 5.41) is 11.9. The van der Waals surface area contributed by atoms with Gasteiger partial charge in [-0.2, -0.15) is 0 Å². The van der Waals surface area contributed by atoms with Crippen LogP contribution < -0.4 is 5.32 Å². The predicted octanol–water partition coefficient (Wildman–Crippen LogP) is 2.16. The third kappa shape index (κ3) is 2.55. The number of carbonyl (C=O) groups excluding carboxylic acids is 1. The Morgan fingerprint density at radius 2 is 1.95 bits per heavy atom. The Morgan fingerprint density at radius 3 is 2.70 bits per heavy atom. The molecule has 3 rings (SSSR count). The minimum Gasteiger partial charge on any atom is -0.481 e. The van der Waals surface area contributed by atoms with Gasteiger partial charge in [0.15, 0.2) is 0 Å². The van der Waals surface area contributed by atoms with Crippen LogP contribution in [0, 0.1) is 5.92 Å². The van der Waals surface area contributed by atoms with Crippen LogP contribution in [0.15, 0.2) is 18.2 Å². The molecule has 0 heterocycles.